The summed E-state index contributed by atoms with van der Waals surface area (Å²) in [4.78, 5) is 17.4. The number of benzene rings is 2. The van der Waals surface area contributed by atoms with Crippen LogP contribution in [0.4, 0.5) is 0 Å². The number of hydrogen-bond acceptors (Lipinski definition) is 4. The van der Waals surface area contributed by atoms with Crippen molar-refractivity contribution < 1.29 is 13.2 Å². The lowest BCUT2D eigenvalue weighted by Crippen LogP contribution is -2.35. The Bertz CT molecular complexity index is 1020. The maximum absolute atomic E-state index is 13.1. The molecular weight excluding hydrogens is 434 g/mol. The summed E-state index contributed by atoms with van der Waals surface area (Å²) >= 11 is 5.97. The summed E-state index contributed by atoms with van der Waals surface area (Å²) in [6.07, 6.45) is 3.02. The molecule has 2 aromatic carbocycles. The van der Waals surface area contributed by atoms with E-state index < -0.39 is 10.0 Å². The molecule has 1 N–H and O–H groups in total. The van der Waals surface area contributed by atoms with Gasteiger partial charge in [0.1, 0.15) is 0 Å². The molecule has 1 amide bonds. The number of rotatable bonds is 7. The molecule has 1 heterocycles. The van der Waals surface area contributed by atoms with E-state index in [-0.39, 0.29) is 10.8 Å². The van der Waals surface area contributed by atoms with Gasteiger partial charge in [0.2, 0.25) is 10.0 Å². The second kappa shape index (κ2) is 9.69. The van der Waals surface area contributed by atoms with Crippen molar-refractivity contribution in [2.75, 3.05) is 32.7 Å². The van der Waals surface area contributed by atoms with Crippen LogP contribution in [0.15, 0.2) is 53.4 Å². The highest BCUT2D eigenvalue weighted by Gasteiger charge is 2.25. The van der Waals surface area contributed by atoms with Crippen LogP contribution in [0.3, 0.4) is 0 Å². The molecule has 0 atom stereocenters. The highest BCUT2D eigenvalue weighted by Crippen LogP contribution is 2.28. The number of hydrogen-bond donors (Lipinski definition) is 1. The van der Waals surface area contributed by atoms with Crippen LogP contribution in [0.1, 0.15) is 35.2 Å². The van der Waals surface area contributed by atoms with E-state index in [2.05, 4.69) is 9.62 Å². The van der Waals surface area contributed by atoms with Crippen LogP contribution >= 0.6 is 11.6 Å². The van der Waals surface area contributed by atoms with Crippen molar-refractivity contribution in [2.24, 2.45) is 5.92 Å². The normalized spacial score (nSPS) is 18.0. The van der Waals surface area contributed by atoms with E-state index >= 15 is 0 Å². The molecule has 166 valence electrons. The Morgan fingerprint density at radius 3 is 2.55 bits per heavy atom. The minimum Gasteiger partial charge on any atom is -0.337 e. The second-order valence-electron chi connectivity index (χ2n) is 8.37. The monoisotopic (exact) mass is 461 g/mol. The summed E-state index contributed by atoms with van der Waals surface area (Å²) in [5.74, 6) is 0.333. The summed E-state index contributed by atoms with van der Waals surface area (Å²) in [7, 11) is -3.59. The molecule has 2 aromatic rings. The molecule has 0 unspecified atom stereocenters. The van der Waals surface area contributed by atoms with E-state index in [4.69, 9.17) is 11.6 Å². The molecule has 0 aromatic heterocycles. The van der Waals surface area contributed by atoms with Crippen LogP contribution in [0, 0.1) is 5.92 Å². The molecule has 0 spiro atoms. The molecular formula is C23H28ClN3O3S. The molecule has 2 fully saturated rings. The third kappa shape index (κ3) is 6.07. The average Bonchev–Trinajstić information content (AvgIpc) is 3.61. The van der Waals surface area contributed by atoms with Gasteiger partial charge in [0.05, 0.1) is 4.90 Å². The summed E-state index contributed by atoms with van der Waals surface area (Å²) in [6.45, 7) is 4.24. The molecule has 0 bridgehead atoms. The lowest BCUT2D eigenvalue weighted by atomic mass is 10.2. The molecule has 8 heteroatoms. The predicted molar refractivity (Wildman–Crippen MR) is 122 cm³/mol. The molecule has 0 radical (unpaired) electrons. The van der Waals surface area contributed by atoms with Gasteiger partial charge in [0, 0.05) is 49.9 Å². The van der Waals surface area contributed by atoms with Crippen LogP contribution in [-0.4, -0.2) is 56.8 Å². The average molecular weight is 462 g/mol. The van der Waals surface area contributed by atoms with Gasteiger partial charge in [-0.3, -0.25) is 9.69 Å². The molecule has 2 aliphatic rings. The van der Waals surface area contributed by atoms with E-state index in [0.29, 0.717) is 31.1 Å². The first kappa shape index (κ1) is 22.3. The van der Waals surface area contributed by atoms with Gasteiger partial charge in [-0.1, -0.05) is 29.8 Å². The van der Waals surface area contributed by atoms with Gasteiger partial charge in [0.25, 0.3) is 5.91 Å². The SMILES string of the molecule is O=C(c1cccc(S(=O)(=O)NCC2CC2)c1)N1CCCN(Cc2ccc(Cl)cc2)CC1. The maximum Gasteiger partial charge on any atom is 0.253 e. The molecule has 4 rings (SSSR count). The zero-order chi connectivity index (χ0) is 21.8. The van der Waals surface area contributed by atoms with Crippen LogP contribution in [-0.2, 0) is 16.6 Å². The van der Waals surface area contributed by atoms with Gasteiger partial charge in [-0.25, -0.2) is 13.1 Å². The number of carbonyl (C=O) groups excluding carboxylic acids is 1. The smallest absolute Gasteiger partial charge is 0.253 e. The Morgan fingerprint density at radius 1 is 1.03 bits per heavy atom. The van der Waals surface area contributed by atoms with Crippen molar-refractivity contribution in [3.8, 4) is 0 Å². The maximum atomic E-state index is 13.1. The molecule has 1 aliphatic heterocycles. The summed E-state index contributed by atoms with van der Waals surface area (Å²) < 4.78 is 27.8. The van der Waals surface area contributed by atoms with Gasteiger partial charge in [0.15, 0.2) is 0 Å². The first-order chi connectivity index (χ1) is 14.9. The fourth-order valence-electron chi connectivity index (χ4n) is 3.79. The lowest BCUT2D eigenvalue weighted by molar-refractivity contribution is 0.0761. The van der Waals surface area contributed by atoms with E-state index in [0.717, 1.165) is 43.9 Å². The fraction of sp³-hybridized carbons (Fsp3) is 0.435. The van der Waals surface area contributed by atoms with Gasteiger partial charge in [-0.05, 0) is 61.1 Å². The minimum absolute atomic E-state index is 0.118. The van der Waals surface area contributed by atoms with Crippen molar-refractivity contribution in [2.45, 2.75) is 30.7 Å². The first-order valence-corrected chi connectivity index (χ1v) is 12.6. The highest BCUT2D eigenvalue weighted by atomic mass is 35.5. The van der Waals surface area contributed by atoms with Gasteiger partial charge < -0.3 is 4.90 Å². The van der Waals surface area contributed by atoms with Crippen molar-refractivity contribution in [1.82, 2.24) is 14.5 Å². The van der Waals surface area contributed by atoms with Crippen LogP contribution in [0.25, 0.3) is 0 Å². The Hall–Kier alpha value is -1.93. The topological polar surface area (TPSA) is 69.7 Å². The number of sulfonamides is 1. The van der Waals surface area contributed by atoms with E-state index in [1.54, 1.807) is 18.2 Å². The van der Waals surface area contributed by atoms with Crippen LogP contribution in [0.2, 0.25) is 5.02 Å². The second-order valence-corrected chi connectivity index (χ2v) is 10.6. The highest BCUT2D eigenvalue weighted by molar-refractivity contribution is 7.89. The van der Waals surface area contributed by atoms with Crippen molar-refractivity contribution in [3.05, 3.63) is 64.7 Å². The zero-order valence-corrected chi connectivity index (χ0v) is 19.0. The Kier molecular flexibility index (Phi) is 6.96. The Balaban J connectivity index is 1.38. The van der Waals surface area contributed by atoms with E-state index in [9.17, 15) is 13.2 Å². The number of halogens is 1. The first-order valence-electron chi connectivity index (χ1n) is 10.8. The van der Waals surface area contributed by atoms with Crippen molar-refractivity contribution >= 4 is 27.5 Å². The Labute approximate surface area is 189 Å². The molecule has 1 saturated heterocycles. The van der Waals surface area contributed by atoms with Gasteiger partial charge in [-0.2, -0.15) is 0 Å². The molecule has 6 nitrogen and oxygen atoms in total. The summed E-state index contributed by atoms with van der Waals surface area (Å²) in [5.41, 5.74) is 1.61. The molecule has 1 aliphatic carbocycles. The molecule has 1 saturated carbocycles. The standard InChI is InChI=1S/C23H28ClN3O3S/c24-21-9-7-19(8-10-21)17-26-11-2-12-27(14-13-26)23(28)20-3-1-4-22(15-20)31(29,30)25-16-18-5-6-18/h1,3-4,7-10,15,18,25H,2,5-6,11-14,16-17H2. The summed E-state index contributed by atoms with van der Waals surface area (Å²) in [6, 6.07) is 14.2. The largest absolute Gasteiger partial charge is 0.337 e. The summed E-state index contributed by atoms with van der Waals surface area (Å²) in [5, 5.41) is 0.725. The number of nitrogens with zero attached hydrogens (tertiary/aromatic N) is 2. The predicted octanol–water partition coefficient (Wildman–Crippen LogP) is 3.38. The van der Waals surface area contributed by atoms with E-state index in [1.165, 1.54) is 11.6 Å². The lowest BCUT2D eigenvalue weighted by Gasteiger charge is -2.22. The number of nitrogens with one attached hydrogen (secondary N) is 1. The zero-order valence-electron chi connectivity index (χ0n) is 17.5. The van der Waals surface area contributed by atoms with Gasteiger partial charge in [-0.15, -0.1) is 0 Å². The Morgan fingerprint density at radius 2 is 1.81 bits per heavy atom. The third-order valence-corrected chi connectivity index (χ3v) is 7.52. The fourth-order valence-corrected chi connectivity index (χ4v) is 5.08. The van der Waals surface area contributed by atoms with E-state index in [1.807, 2.05) is 29.2 Å². The third-order valence-electron chi connectivity index (χ3n) is 5.85. The van der Waals surface area contributed by atoms with Gasteiger partial charge >= 0.3 is 0 Å². The van der Waals surface area contributed by atoms with Crippen LogP contribution in [0.5, 0.6) is 0 Å². The minimum atomic E-state index is -3.59. The van der Waals surface area contributed by atoms with Crippen LogP contribution < -0.4 is 4.72 Å². The van der Waals surface area contributed by atoms with Crippen molar-refractivity contribution in [3.63, 3.8) is 0 Å². The molecule has 31 heavy (non-hydrogen) atoms. The number of amides is 1. The number of carbonyl (C=O) groups is 1. The quantitative estimate of drug-likeness (QED) is 0.686. The van der Waals surface area contributed by atoms with Crippen molar-refractivity contribution in [1.29, 1.82) is 0 Å².